The summed E-state index contributed by atoms with van der Waals surface area (Å²) in [6.07, 6.45) is 2.43. The van der Waals surface area contributed by atoms with Crippen molar-refractivity contribution in [2.24, 2.45) is 0 Å². The van der Waals surface area contributed by atoms with E-state index in [2.05, 4.69) is 20.0 Å². The maximum atomic E-state index is 12.5. The molecule has 0 radical (unpaired) electrons. The van der Waals surface area contributed by atoms with Gasteiger partial charge in [-0.15, -0.1) is 10.2 Å². The SMILES string of the molecule is O=C(COc1ccc(Cl)cc1Cl)N1CCN(c2ccc(N3CCCC3)nn2)CC1. The van der Waals surface area contributed by atoms with Gasteiger partial charge in [0.25, 0.3) is 5.91 Å². The van der Waals surface area contributed by atoms with Gasteiger partial charge in [-0.1, -0.05) is 23.2 Å². The van der Waals surface area contributed by atoms with Crippen LogP contribution in [0.3, 0.4) is 0 Å². The first kappa shape index (κ1) is 20.0. The van der Waals surface area contributed by atoms with Crippen molar-refractivity contribution in [3.8, 4) is 5.75 Å². The number of hydrogen-bond acceptors (Lipinski definition) is 6. The topological polar surface area (TPSA) is 61.8 Å². The third-order valence-electron chi connectivity index (χ3n) is 5.27. The van der Waals surface area contributed by atoms with Crippen molar-refractivity contribution in [1.82, 2.24) is 15.1 Å². The van der Waals surface area contributed by atoms with Gasteiger partial charge in [-0.2, -0.15) is 0 Å². The van der Waals surface area contributed by atoms with Gasteiger partial charge in [0.15, 0.2) is 18.2 Å². The molecular formula is C20H23Cl2N5O2. The fourth-order valence-electron chi connectivity index (χ4n) is 3.61. The van der Waals surface area contributed by atoms with E-state index in [-0.39, 0.29) is 12.5 Å². The Morgan fingerprint density at radius 1 is 0.897 bits per heavy atom. The summed E-state index contributed by atoms with van der Waals surface area (Å²) in [5.41, 5.74) is 0. The van der Waals surface area contributed by atoms with Crippen LogP contribution in [0.15, 0.2) is 30.3 Å². The van der Waals surface area contributed by atoms with E-state index in [0.29, 0.717) is 42.0 Å². The van der Waals surface area contributed by atoms with Crippen molar-refractivity contribution in [2.45, 2.75) is 12.8 Å². The molecule has 9 heteroatoms. The number of benzene rings is 1. The summed E-state index contributed by atoms with van der Waals surface area (Å²) in [6.45, 7) is 4.72. The minimum absolute atomic E-state index is 0.0499. The zero-order valence-corrected chi connectivity index (χ0v) is 17.6. The molecule has 1 aromatic heterocycles. The maximum Gasteiger partial charge on any atom is 0.260 e. The molecule has 0 saturated carbocycles. The lowest BCUT2D eigenvalue weighted by molar-refractivity contribution is -0.133. The molecule has 0 atom stereocenters. The molecule has 0 aliphatic carbocycles. The molecular weight excluding hydrogens is 413 g/mol. The summed E-state index contributed by atoms with van der Waals surface area (Å²) in [5.74, 6) is 2.19. The van der Waals surface area contributed by atoms with E-state index in [0.717, 1.165) is 24.7 Å². The van der Waals surface area contributed by atoms with Gasteiger partial charge >= 0.3 is 0 Å². The fraction of sp³-hybridized carbons (Fsp3) is 0.450. The summed E-state index contributed by atoms with van der Waals surface area (Å²) in [7, 11) is 0. The molecule has 0 N–H and O–H groups in total. The second-order valence-corrected chi connectivity index (χ2v) is 8.02. The molecule has 3 heterocycles. The molecule has 4 rings (SSSR count). The molecule has 0 unspecified atom stereocenters. The number of carbonyl (C=O) groups excluding carboxylic acids is 1. The highest BCUT2D eigenvalue weighted by molar-refractivity contribution is 6.35. The van der Waals surface area contributed by atoms with Crippen molar-refractivity contribution < 1.29 is 9.53 Å². The minimum atomic E-state index is -0.0638. The Kier molecular flexibility index (Phi) is 6.25. The van der Waals surface area contributed by atoms with E-state index < -0.39 is 0 Å². The quantitative estimate of drug-likeness (QED) is 0.718. The number of halogens is 2. The second-order valence-electron chi connectivity index (χ2n) is 7.18. The van der Waals surface area contributed by atoms with Crippen LogP contribution in [0.2, 0.25) is 10.0 Å². The Bertz CT molecular complexity index is 850. The third-order valence-corrected chi connectivity index (χ3v) is 5.80. The van der Waals surface area contributed by atoms with Crippen LogP contribution in [0.25, 0.3) is 0 Å². The lowest BCUT2D eigenvalue weighted by Gasteiger charge is -2.35. The van der Waals surface area contributed by atoms with E-state index in [1.54, 1.807) is 23.1 Å². The standard InChI is InChI=1S/C20H23Cl2N5O2/c21-15-3-4-17(16(22)13-15)29-14-20(28)27-11-9-26(10-12-27)19-6-5-18(23-24-19)25-7-1-2-8-25/h3-6,13H,1-2,7-12,14H2. The number of nitrogens with zero attached hydrogens (tertiary/aromatic N) is 5. The fourth-order valence-corrected chi connectivity index (χ4v) is 4.07. The largest absolute Gasteiger partial charge is 0.482 e. The lowest BCUT2D eigenvalue weighted by Crippen LogP contribution is -2.50. The number of piperazine rings is 1. The van der Waals surface area contributed by atoms with Crippen molar-refractivity contribution in [1.29, 1.82) is 0 Å². The zero-order chi connectivity index (χ0) is 20.2. The number of ether oxygens (including phenoxy) is 1. The second kappa shape index (κ2) is 9.05. The Morgan fingerprint density at radius 3 is 2.10 bits per heavy atom. The van der Waals surface area contributed by atoms with Gasteiger partial charge in [-0.25, -0.2) is 0 Å². The zero-order valence-electron chi connectivity index (χ0n) is 16.1. The van der Waals surface area contributed by atoms with Gasteiger partial charge in [-0.3, -0.25) is 4.79 Å². The molecule has 7 nitrogen and oxygen atoms in total. The van der Waals surface area contributed by atoms with Crippen molar-refractivity contribution in [3.05, 3.63) is 40.4 Å². The molecule has 2 fully saturated rings. The third kappa shape index (κ3) is 4.85. The minimum Gasteiger partial charge on any atom is -0.482 e. The van der Waals surface area contributed by atoms with Gasteiger partial charge in [0.1, 0.15) is 5.75 Å². The highest BCUT2D eigenvalue weighted by atomic mass is 35.5. The molecule has 29 heavy (non-hydrogen) atoms. The lowest BCUT2D eigenvalue weighted by atomic mass is 10.3. The predicted octanol–water partition coefficient (Wildman–Crippen LogP) is 3.11. The molecule has 1 aromatic carbocycles. The number of amides is 1. The summed E-state index contributed by atoms with van der Waals surface area (Å²) in [5, 5.41) is 9.69. The predicted molar refractivity (Wildman–Crippen MR) is 114 cm³/mol. The summed E-state index contributed by atoms with van der Waals surface area (Å²) in [4.78, 5) is 18.7. The molecule has 2 aliphatic rings. The molecule has 2 saturated heterocycles. The monoisotopic (exact) mass is 435 g/mol. The van der Waals surface area contributed by atoms with Crippen LogP contribution in [-0.2, 0) is 4.79 Å². The van der Waals surface area contributed by atoms with E-state index in [1.165, 1.54) is 12.8 Å². The van der Waals surface area contributed by atoms with Crippen molar-refractivity contribution in [3.63, 3.8) is 0 Å². The first-order chi connectivity index (χ1) is 14.1. The number of anilines is 2. The van der Waals surface area contributed by atoms with Crippen LogP contribution >= 0.6 is 23.2 Å². The molecule has 0 bridgehead atoms. The average molecular weight is 436 g/mol. The Hall–Kier alpha value is -2.25. The number of rotatable bonds is 5. The van der Waals surface area contributed by atoms with E-state index in [1.807, 2.05) is 12.1 Å². The summed E-state index contributed by atoms with van der Waals surface area (Å²) in [6, 6.07) is 9.00. The Balaban J connectivity index is 1.26. The molecule has 1 amide bonds. The van der Waals surface area contributed by atoms with Crippen LogP contribution in [0, 0.1) is 0 Å². The number of hydrogen-bond donors (Lipinski definition) is 0. The number of carbonyl (C=O) groups is 1. The molecule has 0 spiro atoms. The first-order valence-corrected chi connectivity index (χ1v) is 10.5. The van der Waals surface area contributed by atoms with E-state index in [4.69, 9.17) is 27.9 Å². The van der Waals surface area contributed by atoms with Gasteiger partial charge in [0, 0.05) is 44.3 Å². The Morgan fingerprint density at radius 2 is 1.52 bits per heavy atom. The van der Waals surface area contributed by atoms with Crippen LogP contribution in [0.5, 0.6) is 5.75 Å². The highest BCUT2D eigenvalue weighted by Gasteiger charge is 2.23. The molecule has 2 aliphatic heterocycles. The van der Waals surface area contributed by atoms with Gasteiger partial charge in [0.05, 0.1) is 5.02 Å². The van der Waals surface area contributed by atoms with Crippen LogP contribution in [0.1, 0.15) is 12.8 Å². The summed E-state index contributed by atoms with van der Waals surface area (Å²) >= 11 is 12.0. The molecule has 2 aromatic rings. The van der Waals surface area contributed by atoms with Gasteiger partial charge in [0.2, 0.25) is 0 Å². The normalized spacial score (nSPS) is 17.0. The van der Waals surface area contributed by atoms with Gasteiger partial charge in [-0.05, 0) is 43.2 Å². The Labute approximate surface area is 180 Å². The molecule has 154 valence electrons. The smallest absolute Gasteiger partial charge is 0.260 e. The average Bonchev–Trinajstić information content (AvgIpc) is 3.28. The van der Waals surface area contributed by atoms with Gasteiger partial charge < -0.3 is 19.4 Å². The highest BCUT2D eigenvalue weighted by Crippen LogP contribution is 2.27. The van der Waals surface area contributed by atoms with Crippen molar-refractivity contribution >= 4 is 40.7 Å². The van der Waals surface area contributed by atoms with Crippen LogP contribution < -0.4 is 14.5 Å². The van der Waals surface area contributed by atoms with E-state index in [9.17, 15) is 4.79 Å². The van der Waals surface area contributed by atoms with Crippen LogP contribution in [0.4, 0.5) is 11.6 Å². The first-order valence-electron chi connectivity index (χ1n) is 9.79. The van der Waals surface area contributed by atoms with Crippen LogP contribution in [-0.4, -0.2) is 66.9 Å². The van der Waals surface area contributed by atoms with E-state index >= 15 is 0 Å². The summed E-state index contributed by atoms with van der Waals surface area (Å²) < 4.78 is 5.56. The number of aromatic nitrogens is 2. The maximum absolute atomic E-state index is 12.5. The van der Waals surface area contributed by atoms with Crippen molar-refractivity contribution in [2.75, 3.05) is 55.7 Å².